The van der Waals surface area contributed by atoms with Crippen LogP contribution in [0.3, 0.4) is 0 Å². The number of aromatic nitrogens is 4. The number of nitrogen functional groups attached to an aromatic ring is 1. The van der Waals surface area contributed by atoms with Crippen molar-refractivity contribution in [2.75, 3.05) is 19.4 Å². The second-order valence-electron chi connectivity index (χ2n) is 5.28. The fourth-order valence-electron chi connectivity index (χ4n) is 3.02. The molecule has 4 N–H and O–H groups in total. The largest absolute Gasteiger partial charge is 0.387 e. The summed E-state index contributed by atoms with van der Waals surface area (Å²) in [6, 6.07) is 0. The van der Waals surface area contributed by atoms with E-state index in [1.165, 1.54) is 19.7 Å². The molecule has 0 spiro atoms. The van der Waals surface area contributed by atoms with Crippen molar-refractivity contribution < 1.29 is 19.4 Å². The van der Waals surface area contributed by atoms with Crippen LogP contribution >= 0.6 is 0 Å². The molecule has 1 unspecified atom stereocenters. The Balaban J connectivity index is 1.78. The molecule has 10 heteroatoms. The third kappa shape index (κ3) is 1.48. The molecule has 4 heterocycles. The summed E-state index contributed by atoms with van der Waals surface area (Å²) in [6.07, 6.45) is 0.309. The molecule has 2 aliphatic rings. The molecule has 116 valence electrons. The van der Waals surface area contributed by atoms with Crippen molar-refractivity contribution in [1.29, 1.82) is 0 Å². The van der Waals surface area contributed by atoms with Gasteiger partial charge in [-0.05, 0) is 0 Å². The Morgan fingerprint density at radius 2 is 2.36 bits per heavy atom. The summed E-state index contributed by atoms with van der Waals surface area (Å²) in [4.78, 5) is 24.2. The van der Waals surface area contributed by atoms with E-state index in [1.807, 2.05) is 0 Å². The maximum absolute atomic E-state index is 12.1. The van der Waals surface area contributed by atoms with E-state index in [1.54, 1.807) is 4.57 Å². The van der Waals surface area contributed by atoms with Gasteiger partial charge in [-0.3, -0.25) is 9.36 Å². The van der Waals surface area contributed by atoms with Gasteiger partial charge in [0.15, 0.2) is 17.7 Å². The molecular formula is C12H14N6O4. The first-order valence-electron chi connectivity index (χ1n) is 6.71. The number of nitrogens with two attached hydrogens (primary N) is 1. The van der Waals surface area contributed by atoms with Crippen LogP contribution in [0.25, 0.3) is 11.2 Å². The first kappa shape index (κ1) is 13.4. The van der Waals surface area contributed by atoms with Crippen LogP contribution in [0.15, 0.2) is 12.7 Å². The monoisotopic (exact) mass is 306 g/mol. The third-order valence-corrected chi connectivity index (χ3v) is 4.16. The molecule has 0 aliphatic carbocycles. The van der Waals surface area contributed by atoms with Gasteiger partial charge in [0, 0.05) is 7.05 Å². The third-order valence-electron chi connectivity index (χ3n) is 4.16. The number of fused-ring (bicyclic) bond motifs is 3. The van der Waals surface area contributed by atoms with Crippen LogP contribution in [0, 0.1) is 0 Å². The highest BCUT2D eigenvalue weighted by molar-refractivity contribution is 5.87. The second kappa shape index (κ2) is 4.35. The van der Waals surface area contributed by atoms with E-state index in [2.05, 4.69) is 20.3 Å². The van der Waals surface area contributed by atoms with Crippen molar-refractivity contribution in [3.63, 3.8) is 0 Å². The van der Waals surface area contributed by atoms with Crippen LogP contribution in [0.5, 0.6) is 0 Å². The van der Waals surface area contributed by atoms with Gasteiger partial charge in [-0.25, -0.2) is 15.0 Å². The zero-order chi connectivity index (χ0) is 15.5. The summed E-state index contributed by atoms with van der Waals surface area (Å²) in [5.74, 6) is -0.182. The van der Waals surface area contributed by atoms with Gasteiger partial charge in [0.2, 0.25) is 5.60 Å². The molecule has 1 amide bonds. The highest BCUT2D eigenvalue weighted by Gasteiger charge is 2.65. The molecule has 2 aliphatic heterocycles. The maximum atomic E-state index is 12.1. The topological polar surface area (TPSA) is 137 Å². The molecule has 10 nitrogen and oxygen atoms in total. The second-order valence-corrected chi connectivity index (χ2v) is 5.28. The van der Waals surface area contributed by atoms with E-state index >= 15 is 0 Å². The number of aliphatic hydroxyl groups is 1. The zero-order valence-electron chi connectivity index (χ0n) is 11.6. The van der Waals surface area contributed by atoms with Crippen LogP contribution in [-0.2, 0) is 14.3 Å². The van der Waals surface area contributed by atoms with E-state index in [0.717, 1.165) is 0 Å². The lowest BCUT2D eigenvalue weighted by Gasteiger charge is -2.29. The molecule has 4 rings (SSSR count). The number of amides is 1. The van der Waals surface area contributed by atoms with Crippen molar-refractivity contribution in [3.8, 4) is 0 Å². The number of imidazole rings is 1. The molecule has 0 aromatic carbocycles. The molecule has 2 saturated heterocycles. The minimum atomic E-state index is -1.42. The fraction of sp³-hybridized carbons (Fsp3) is 0.500. The smallest absolute Gasteiger partial charge is 0.257 e. The Bertz CT molecular complexity index is 763. The van der Waals surface area contributed by atoms with E-state index in [9.17, 15) is 9.90 Å². The van der Waals surface area contributed by atoms with Gasteiger partial charge in [0.05, 0.1) is 12.9 Å². The Hall–Kier alpha value is -2.30. The van der Waals surface area contributed by atoms with E-state index in [4.69, 9.17) is 15.2 Å². The number of rotatable bonds is 2. The zero-order valence-corrected chi connectivity index (χ0v) is 11.6. The highest BCUT2D eigenvalue weighted by Crippen LogP contribution is 2.45. The minimum absolute atomic E-state index is 0.00123. The summed E-state index contributed by atoms with van der Waals surface area (Å²) in [6.45, 7) is -0.00123. The fourth-order valence-corrected chi connectivity index (χ4v) is 3.02. The van der Waals surface area contributed by atoms with Crippen molar-refractivity contribution in [1.82, 2.24) is 24.8 Å². The molecule has 2 aromatic heterocycles. The predicted octanol–water partition coefficient (Wildman–Crippen LogP) is -1.82. The summed E-state index contributed by atoms with van der Waals surface area (Å²) < 4.78 is 13.0. The number of hydrogen-bond acceptors (Lipinski definition) is 8. The standard InChI is InChI=1S/C12H14N6O4/c1-14-11(20)12-2-21-6(7(12)19)10(22-12)18-4-17-5-8(13)15-3-16-9(5)18/h3-4,6-7,10,19H,2H2,1H3,(H,14,20)(H2,13,15,16)/t6-,7?,10+,12-/m0/s1. The lowest BCUT2D eigenvalue weighted by molar-refractivity contribution is -0.184. The van der Waals surface area contributed by atoms with Gasteiger partial charge in [-0.15, -0.1) is 0 Å². The van der Waals surface area contributed by atoms with Crippen LogP contribution in [0.2, 0.25) is 0 Å². The molecule has 0 saturated carbocycles. The maximum Gasteiger partial charge on any atom is 0.257 e. The molecule has 4 atom stereocenters. The van der Waals surface area contributed by atoms with Crippen molar-refractivity contribution in [2.45, 2.75) is 24.0 Å². The average Bonchev–Trinajstić information content (AvgIpc) is 3.18. The molecule has 2 aromatic rings. The van der Waals surface area contributed by atoms with E-state index < -0.39 is 29.9 Å². The van der Waals surface area contributed by atoms with Crippen LogP contribution in [0.1, 0.15) is 6.23 Å². The SMILES string of the molecule is CNC(=O)[C@]12CO[C@@H](C1O)[C@H](n1cnc3c(N)ncnc31)O2. The summed E-state index contributed by atoms with van der Waals surface area (Å²) in [5, 5.41) is 12.9. The summed E-state index contributed by atoms with van der Waals surface area (Å²) in [7, 11) is 1.48. The van der Waals surface area contributed by atoms with Crippen molar-refractivity contribution in [2.24, 2.45) is 0 Å². The lowest BCUT2D eigenvalue weighted by Crippen LogP contribution is -2.53. The highest BCUT2D eigenvalue weighted by atomic mass is 16.6. The first-order valence-corrected chi connectivity index (χ1v) is 6.71. The number of carbonyl (C=O) groups excluding carboxylic acids is 1. The average molecular weight is 306 g/mol. The normalized spacial score (nSPS) is 33.5. The number of ether oxygens (including phenoxy) is 2. The lowest BCUT2D eigenvalue weighted by atomic mass is 9.98. The minimum Gasteiger partial charge on any atom is -0.387 e. The first-order chi connectivity index (χ1) is 10.6. The number of likely N-dealkylation sites (N-methyl/N-ethyl adjacent to an activating group) is 1. The Labute approximate surface area is 124 Å². The van der Waals surface area contributed by atoms with Crippen molar-refractivity contribution in [3.05, 3.63) is 12.7 Å². The molecule has 22 heavy (non-hydrogen) atoms. The molecular weight excluding hydrogens is 292 g/mol. The number of hydrogen-bond donors (Lipinski definition) is 3. The van der Waals surface area contributed by atoms with E-state index in [-0.39, 0.29) is 12.4 Å². The van der Waals surface area contributed by atoms with E-state index in [0.29, 0.717) is 11.2 Å². The molecule has 0 radical (unpaired) electrons. The van der Waals surface area contributed by atoms with Gasteiger partial charge in [-0.1, -0.05) is 0 Å². The van der Waals surface area contributed by atoms with Gasteiger partial charge >= 0.3 is 0 Å². The van der Waals surface area contributed by atoms with Gasteiger partial charge in [0.25, 0.3) is 5.91 Å². The van der Waals surface area contributed by atoms with Crippen LogP contribution in [0.4, 0.5) is 5.82 Å². The number of anilines is 1. The summed E-state index contributed by atoms with van der Waals surface area (Å²) >= 11 is 0. The quantitative estimate of drug-likeness (QED) is 0.590. The Kier molecular flexibility index (Phi) is 2.64. The van der Waals surface area contributed by atoms with Crippen LogP contribution < -0.4 is 11.1 Å². The molecule has 2 bridgehead atoms. The summed E-state index contributed by atoms with van der Waals surface area (Å²) in [5.41, 5.74) is 5.22. The van der Waals surface area contributed by atoms with Gasteiger partial charge in [-0.2, -0.15) is 0 Å². The number of nitrogens with one attached hydrogen (secondary N) is 1. The Morgan fingerprint density at radius 3 is 3.14 bits per heavy atom. The molecule has 2 fully saturated rings. The van der Waals surface area contributed by atoms with Crippen LogP contribution in [-0.4, -0.2) is 62.0 Å². The van der Waals surface area contributed by atoms with Gasteiger partial charge < -0.3 is 25.6 Å². The number of nitrogens with zero attached hydrogens (tertiary/aromatic N) is 4. The van der Waals surface area contributed by atoms with Gasteiger partial charge in [0.1, 0.15) is 24.1 Å². The number of aliphatic hydroxyl groups excluding tert-OH is 1. The van der Waals surface area contributed by atoms with Crippen molar-refractivity contribution >= 4 is 22.9 Å². The predicted molar refractivity (Wildman–Crippen MR) is 72.4 cm³/mol. The Morgan fingerprint density at radius 1 is 1.55 bits per heavy atom. The number of carbonyl (C=O) groups is 1.